The number of aryl methyl sites for hydroxylation is 1. The zero-order valence-corrected chi connectivity index (χ0v) is 15.8. The standard InChI is InChI=1S/C19H18F2N4O5/c20-19(21)29-13-5-3-10(8-14(13)30-19)17(26)24-7-1-2-11(9-24)16-23-22-15-6-4-12(18(27)28)25(15)16/h3,5,8,11-12H,1-2,4,6-7,9H2,(H,27,28). The van der Waals surface area contributed by atoms with E-state index in [4.69, 9.17) is 0 Å². The molecule has 1 aromatic carbocycles. The highest BCUT2D eigenvalue weighted by molar-refractivity contribution is 5.95. The Morgan fingerprint density at radius 3 is 2.77 bits per heavy atom. The first-order valence-corrected chi connectivity index (χ1v) is 9.68. The summed E-state index contributed by atoms with van der Waals surface area (Å²) in [5, 5.41) is 17.8. The molecule has 1 amide bonds. The van der Waals surface area contributed by atoms with Gasteiger partial charge >= 0.3 is 12.3 Å². The van der Waals surface area contributed by atoms with Gasteiger partial charge in [-0.1, -0.05) is 0 Å². The molecule has 2 aromatic rings. The number of carboxylic acids is 1. The summed E-state index contributed by atoms with van der Waals surface area (Å²) < 4.78 is 37.0. The number of hydrogen-bond donors (Lipinski definition) is 1. The van der Waals surface area contributed by atoms with Crippen LogP contribution in [0.4, 0.5) is 8.78 Å². The second kappa shape index (κ2) is 6.64. The van der Waals surface area contributed by atoms with Crippen LogP contribution in [-0.2, 0) is 11.2 Å². The van der Waals surface area contributed by atoms with Crippen LogP contribution in [0.3, 0.4) is 0 Å². The topological polar surface area (TPSA) is 107 Å². The summed E-state index contributed by atoms with van der Waals surface area (Å²) in [6, 6.07) is 3.27. The normalized spacial score (nSPS) is 24.0. The number of ether oxygens (including phenoxy) is 2. The number of nitrogens with zero attached hydrogens (tertiary/aromatic N) is 4. The van der Waals surface area contributed by atoms with E-state index in [1.807, 2.05) is 0 Å². The Bertz CT molecular complexity index is 1040. The first-order chi connectivity index (χ1) is 14.3. The molecule has 1 fully saturated rings. The lowest BCUT2D eigenvalue weighted by atomic mass is 9.96. The molecule has 1 N–H and O–H groups in total. The summed E-state index contributed by atoms with van der Waals surface area (Å²) in [5.74, 6) is -0.462. The van der Waals surface area contributed by atoms with Crippen molar-refractivity contribution in [2.24, 2.45) is 0 Å². The molecule has 0 bridgehead atoms. The molecular formula is C19H18F2N4O5. The molecule has 2 unspecified atom stereocenters. The van der Waals surface area contributed by atoms with Crippen LogP contribution in [-0.4, -0.2) is 56.0 Å². The molecule has 0 aliphatic carbocycles. The SMILES string of the molecule is O=C(O)C1CCc2nnc(C3CCCN(C(=O)c4ccc5c(c4)OC(F)(F)O5)C3)n21. The number of carboxylic acid groups (broad SMARTS) is 1. The quantitative estimate of drug-likeness (QED) is 0.811. The Morgan fingerprint density at radius 1 is 1.17 bits per heavy atom. The van der Waals surface area contributed by atoms with Gasteiger partial charge in [0.05, 0.1) is 0 Å². The van der Waals surface area contributed by atoms with Crippen molar-refractivity contribution in [3.8, 4) is 11.5 Å². The fraction of sp³-hybridized carbons (Fsp3) is 0.474. The maximum atomic E-state index is 13.2. The number of carbonyl (C=O) groups is 2. The van der Waals surface area contributed by atoms with Crippen molar-refractivity contribution in [2.45, 2.75) is 43.9 Å². The largest absolute Gasteiger partial charge is 0.586 e. The minimum absolute atomic E-state index is 0.119. The fourth-order valence-corrected chi connectivity index (χ4v) is 4.39. The number of halogens is 2. The Labute approximate surface area is 169 Å². The highest BCUT2D eigenvalue weighted by Crippen LogP contribution is 2.41. The molecule has 0 saturated carbocycles. The smallest absolute Gasteiger partial charge is 0.480 e. The molecule has 1 aromatic heterocycles. The second-order valence-corrected chi connectivity index (χ2v) is 7.66. The van der Waals surface area contributed by atoms with Crippen LogP contribution < -0.4 is 9.47 Å². The number of hydrogen-bond acceptors (Lipinski definition) is 6. The van der Waals surface area contributed by atoms with Gasteiger partial charge in [0.25, 0.3) is 5.91 Å². The lowest BCUT2D eigenvalue weighted by molar-refractivity contribution is -0.286. The molecule has 5 rings (SSSR count). The van der Waals surface area contributed by atoms with Crippen LogP contribution in [0.5, 0.6) is 11.5 Å². The lowest BCUT2D eigenvalue weighted by Crippen LogP contribution is -2.40. The van der Waals surface area contributed by atoms with Gasteiger partial charge in [0.1, 0.15) is 17.7 Å². The number of fused-ring (bicyclic) bond motifs is 2. The zero-order chi connectivity index (χ0) is 21.0. The summed E-state index contributed by atoms with van der Waals surface area (Å²) >= 11 is 0. The van der Waals surface area contributed by atoms with Gasteiger partial charge in [-0.3, -0.25) is 4.79 Å². The van der Waals surface area contributed by atoms with Gasteiger partial charge < -0.3 is 24.0 Å². The van der Waals surface area contributed by atoms with Crippen molar-refractivity contribution in [1.82, 2.24) is 19.7 Å². The van der Waals surface area contributed by atoms with Gasteiger partial charge in [0.15, 0.2) is 11.5 Å². The highest BCUT2D eigenvalue weighted by atomic mass is 19.3. The molecule has 4 heterocycles. The molecule has 2 atom stereocenters. The number of piperidine rings is 1. The van der Waals surface area contributed by atoms with Crippen molar-refractivity contribution in [1.29, 1.82) is 0 Å². The zero-order valence-electron chi connectivity index (χ0n) is 15.8. The first kappa shape index (κ1) is 18.8. The Hall–Kier alpha value is -3.24. The van der Waals surface area contributed by atoms with Crippen molar-refractivity contribution < 1.29 is 33.0 Å². The molecule has 3 aliphatic heterocycles. The van der Waals surface area contributed by atoms with Gasteiger partial charge in [0.2, 0.25) is 0 Å². The minimum atomic E-state index is -3.74. The van der Waals surface area contributed by atoms with Crippen LogP contribution in [0.15, 0.2) is 18.2 Å². The molecule has 0 radical (unpaired) electrons. The average molecular weight is 420 g/mol. The molecule has 0 spiro atoms. The molecule has 30 heavy (non-hydrogen) atoms. The summed E-state index contributed by atoms with van der Waals surface area (Å²) in [4.78, 5) is 26.2. The predicted molar refractivity (Wildman–Crippen MR) is 95.5 cm³/mol. The number of alkyl halides is 2. The summed E-state index contributed by atoms with van der Waals surface area (Å²) in [7, 11) is 0. The van der Waals surface area contributed by atoms with E-state index in [1.165, 1.54) is 18.2 Å². The Balaban J connectivity index is 1.36. The van der Waals surface area contributed by atoms with Crippen molar-refractivity contribution in [2.75, 3.05) is 13.1 Å². The van der Waals surface area contributed by atoms with Gasteiger partial charge in [-0.05, 0) is 37.5 Å². The molecule has 158 valence electrons. The predicted octanol–water partition coefficient (Wildman–Crippen LogP) is 2.19. The Morgan fingerprint density at radius 2 is 1.97 bits per heavy atom. The number of benzene rings is 1. The lowest BCUT2D eigenvalue weighted by Gasteiger charge is -2.32. The summed E-state index contributed by atoms with van der Waals surface area (Å²) in [6.45, 7) is 0.844. The van der Waals surface area contributed by atoms with E-state index in [0.717, 1.165) is 6.42 Å². The van der Waals surface area contributed by atoms with Gasteiger partial charge in [-0.25, -0.2) is 4.79 Å². The number of likely N-dealkylation sites (tertiary alicyclic amines) is 1. The molecule has 11 heteroatoms. The van der Waals surface area contributed by atoms with E-state index >= 15 is 0 Å². The third-order valence-corrected chi connectivity index (χ3v) is 5.75. The van der Waals surface area contributed by atoms with E-state index in [0.29, 0.717) is 44.0 Å². The third-order valence-electron chi connectivity index (χ3n) is 5.75. The summed E-state index contributed by atoms with van der Waals surface area (Å²) in [6.07, 6.45) is -1.25. The van der Waals surface area contributed by atoms with Crippen LogP contribution in [0, 0.1) is 0 Å². The van der Waals surface area contributed by atoms with E-state index in [1.54, 1.807) is 9.47 Å². The van der Waals surface area contributed by atoms with E-state index < -0.39 is 18.3 Å². The number of carbonyl (C=O) groups excluding carboxylic acids is 1. The fourth-order valence-electron chi connectivity index (χ4n) is 4.39. The second-order valence-electron chi connectivity index (χ2n) is 7.66. The van der Waals surface area contributed by atoms with Crippen LogP contribution in [0.25, 0.3) is 0 Å². The van der Waals surface area contributed by atoms with Gasteiger partial charge in [0, 0.05) is 31.0 Å². The molecule has 1 saturated heterocycles. The average Bonchev–Trinajstić information content (AvgIpc) is 3.38. The summed E-state index contributed by atoms with van der Waals surface area (Å²) in [5.41, 5.74) is 0.214. The van der Waals surface area contributed by atoms with Crippen molar-refractivity contribution in [3.63, 3.8) is 0 Å². The van der Waals surface area contributed by atoms with E-state index in [-0.39, 0.29) is 28.9 Å². The number of aromatic nitrogens is 3. The van der Waals surface area contributed by atoms with Crippen LogP contribution >= 0.6 is 0 Å². The van der Waals surface area contributed by atoms with Crippen LogP contribution in [0.1, 0.15) is 53.2 Å². The number of amides is 1. The first-order valence-electron chi connectivity index (χ1n) is 9.68. The maximum absolute atomic E-state index is 13.2. The monoisotopic (exact) mass is 420 g/mol. The van der Waals surface area contributed by atoms with Crippen LogP contribution in [0.2, 0.25) is 0 Å². The number of rotatable bonds is 3. The van der Waals surface area contributed by atoms with Gasteiger partial charge in [-0.2, -0.15) is 0 Å². The minimum Gasteiger partial charge on any atom is -0.480 e. The highest BCUT2D eigenvalue weighted by Gasteiger charge is 2.44. The van der Waals surface area contributed by atoms with E-state index in [9.17, 15) is 23.5 Å². The number of aliphatic carboxylic acids is 1. The van der Waals surface area contributed by atoms with E-state index in [2.05, 4.69) is 19.7 Å². The third kappa shape index (κ3) is 3.04. The van der Waals surface area contributed by atoms with Gasteiger partial charge in [-0.15, -0.1) is 19.0 Å². The van der Waals surface area contributed by atoms with Crippen molar-refractivity contribution in [3.05, 3.63) is 35.4 Å². The Kier molecular flexibility index (Phi) is 4.16. The van der Waals surface area contributed by atoms with Crippen molar-refractivity contribution >= 4 is 11.9 Å². The maximum Gasteiger partial charge on any atom is 0.586 e. The molecule has 9 nitrogen and oxygen atoms in total. The molecule has 3 aliphatic rings. The molecular weight excluding hydrogens is 402 g/mol.